The van der Waals surface area contributed by atoms with Crippen LogP contribution in [0.3, 0.4) is 0 Å². The number of rotatable bonds is 5. The Morgan fingerprint density at radius 3 is 1.46 bits per heavy atom. The molecule has 0 N–H and O–H groups in total. The third-order valence-corrected chi connectivity index (χ3v) is 11.2. The van der Waals surface area contributed by atoms with Gasteiger partial charge in [-0.05, 0) is 85.5 Å². The Bertz CT molecular complexity index is 2370. The topological polar surface area (TPSA) is 19.4 Å². The Morgan fingerprint density at radius 1 is 0.460 bits per heavy atom. The van der Waals surface area contributed by atoms with Gasteiger partial charge >= 0.3 is 0 Å². The number of hydrogen-bond acceptors (Lipinski definition) is 3. The average molecular weight is 642 g/mol. The molecule has 0 saturated carbocycles. The van der Waals surface area contributed by atoms with Gasteiger partial charge in [0.25, 0.3) is 0 Å². The van der Waals surface area contributed by atoms with Gasteiger partial charge in [0.1, 0.15) is 0 Å². The summed E-state index contributed by atoms with van der Waals surface area (Å²) in [7, 11) is 2.12. The second-order valence-electron chi connectivity index (χ2n) is 13.7. The van der Waals surface area contributed by atoms with Gasteiger partial charge in [-0.2, -0.15) is 0 Å². The third kappa shape index (κ3) is 3.83. The standard InChI is InChI=1S/C47H35N3/c1-49-28-29-50(32-49)36-17-13-16-35(31-36)46(41-22-6-2-18-37(41)38-19-3-7-23-42(38)46)33-14-12-15-34(30-33)47(45-26-10-11-27-48-45)43-24-8-4-20-39(43)40-21-5-9-25-44(40)47/h2-31H,32H2,1H3. The van der Waals surface area contributed by atoms with E-state index in [4.69, 9.17) is 4.98 Å². The summed E-state index contributed by atoms with van der Waals surface area (Å²) in [6.07, 6.45) is 6.25. The molecule has 0 unspecified atom stereocenters. The zero-order valence-corrected chi connectivity index (χ0v) is 27.9. The van der Waals surface area contributed by atoms with Gasteiger partial charge in [-0.25, -0.2) is 0 Å². The van der Waals surface area contributed by atoms with E-state index in [9.17, 15) is 0 Å². The molecule has 1 aromatic heterocycles. The van der Waals surface area contributed by atoms with Crippen LogP contribution in [0, 0.1) is 0 Å². The lowest BCUT2D eigenvalue weighted by Gasteiger charge is -2.37. The van der Waals surface area contributed by atoms with Crippen LogP contribution in [-0.4, -0.2) is 23.6 Å². The zero-order chi connectivity index (χ0) is 33.3. The summed E-state index contributed by atoms with van der Waals surface area (Å²) in [5.74, 6) is 0. The lowest BCUT2D eigenvalue weighted by atomic mass is 9.64. The van der Waals surface area contributed by atoms with Gasteiger partial charge in [0, 0.05) is 31.3 Å². The summed E-state index contributed by atoms with van der Waals surface area (Å²) in [4.78, 5) is 9.66. The predicted octanol–water partition coefficient (Wildman–Crippen LogP) is 9.99. The van der Waals surface area contributed by atoms with Crippen LogP contribution in [0.1, 0.15) is 44.6 Å². The van der Waals surface area contributed by atoms with E-state index in [1.165, 1.54) is 66.9 Å². The van der Waals surface area contributed by atoms with E-state index in [-0.39, 0.29) is 0 Å². The lowest BCUT2D eigenvalue weighted by molar-refractivity contribution is 0.495. The Hall–Kier alpha value is -6.19. The van der Waals surface area contributed by atoms with Crippen molar-refractivity contribution in [2.45, 2.75) is 10.8 Å². The van der Waals surface area contributed by atoms with Crippen LogP contribution in [0.15, 0.2) is 182 Å². The highest BCUT2D eigenvalue weighted by Crippen LogP contribution is 2.59. The molecule has 7 aromatic rings. The van der Waals surface area contributed by atoms with E-state index in [1.807, 2.05) is 12.3 Å². The minimum absolute atomic E-state index is 0.544. The molecule has 0 bridgehead atoms. The number of aromatic nitrogens is 1. The van der Waals surface area contributed by atoms with Crippen molar-refractivity contribution in [1.82, 2.24) is 9.88 Å². The first-order chi connectivity index (χ1) is 24.7. The van der Waals surface area contributed by atoms with Crippen molar-refractivity contribution in [3.63, 3.8) is 0 Å². The van der Waals surface area contributed by atoms with E-state index in [0.29, 0.717) is 0 Å². The second kappa shape index (κ2) is 10.9. The van der Waals surface area contributed by atoms with E-state index in [0.717, 1.165) is 12.4 Å². The summed E-state index contributed by atoms with van der Waals surface area (Å²) in [6, 6.07) is 60.8. The average Bonchev–Trinajstić information content (AvgIpc) is 3.85. The molecule has 0 saturated heterocycles. The quantitative estimate of drug-likeness (QED) is 0.187. The van der Waals surface area contributed by atoms with Gasteiger partial charge in [0.15, 0.2) is 0 Å². The highest BCUT2D eigenvalue weighted by molar-refractivity contribution is 5.88. The summed E-state index contributed by atoms with van der Waals surface area (Å²) in [5.41, 5.74) is 15.1. The normalized spacial score (nSPS) is 15.8. The lowest BCUT2D eigenvalue weighted by Crippen LogP contribution is -2.32. The van der Waals surface area contributed by atoms with Gasteiger partial charge in [-0.1, -0.05) is 140 Å². The van der Waals surface area contributed by atoms with Crippen molar-refractivity contribution in [3.05, 3.63) is 227 Å². The molecule has 6 aromatic carbocycles. The molecule has 3 aliphatic rings. The number of benzene rings is 6. The van der Waals surface area contributed by atoms with Gasteiger partial charge in [-0.15, -0.1) is 0 Å². The maximum absolute atomic E-state index is 5.13. The first-order valence-electron chi connectivity index (χ1n) is 17.4. The molecule has 0 spiro atoms. The summed E-state index contributed by atoms with van der Waals surface area (Å²) >= 11 is 0. The first kappa shape index (κ1) is 28.8. The number of anilines is 1. The Balaban J connectivity index is 1.30. The molecule has 0 radical (unpaired) electrons. The number of nitrogens with zero attached hydrogens (tertiary/aromatic N) is 3. The highest BCUT2D eigenvalue weighted by Gasteiger charge is 2.50. The fourth-order valence-electron chi connectivity index (χ4n) is 9.18. The van der Waals surface area contributed by atoms with Crippen LogP contribution in [-0.2, 0) is 10.8 Å². The van der Waals surface area contributed by atoms with Gasteiger partial charge in [0.05, 0.1) is 23.2 Å². The molecular formula is C47H35N3. The Morgan fingerprint density at radius 2 is 0.940 bits per heavy atom. The molecule has 2 aliphatic carbocycles. The van der Waals surface area contributed by atoms with Gasteiger partial charge in [-0.3, -0.25) is 4.98 Å². The Labute approximate surface area is 293 Å². The molecule has 10 rings (SSSR count). The van der Waals surface area contributed by atoms with Crippen molar-refractivity contribution in [2.24, 2.45) is 0 Å². The zero-order valence-electron chi connectivity index (χ0n) is 27.9. The fourth-order valence-corrected chi connectivity index (χ4v) is 9.18. The minimum Gasteiger partial charge on any atom is -0.361 e. The molecular weight excluding hydrogens is 607 g/mol. The minimum atomic E-state index is -0.587. The smallest absolute Gasteiger partial charge is 0.0938 e. The predicted molar refractivity (Wildman–Crippen MR) is 203 cm³/mol. The van der Waals surface area contributed by atoms with E-state index in [1.54, 1.807) is 0 Å². The van der Waals surface area contributed by atoms with Crippen molar-refractivity contribution in [3.8, 4) is 22.3 Å². The molecule has 0 atom stereocenters. The molecule has 0 fully saturated rings. The van der Waals surface area contributed by atoms with E-state index in [2.05, 4.69) is 187 Å². The van der Waals surface area contributed by atoms with Crippen LogP contribution in [0.2, 0.25) is 0 Å². The molecule has 3 nitrogen and oxygen atoms in total. The number of pyridine rings is 1. The van der Waals surface area contributed by atoms with Gasteiger partial charge in [0.2, 0.25) is 0 Å². The molecule has 2 heterocycles. The first-order valence-corrected chi connectivity index (χ1v) is 17.4. The second-order valence-corrected chi connectivity index (χ2v) is 13.7. The van der Waals surface area contributed by atoms with Crippen LogP contribution < -0.4 is 4.90 Å². The van der Waals surface area contributed by atoms with E-state index >= 15 is 0 Å². The van der Waals surface area contributed by atoms with Crippen molar-refractivity contribution < 1.29 is 0 Å². The van der Waals surface area contributed by atoms with Crippen molar-refractivity contribution in [2.75, 3.05) is 18.6 Å². The van der Waals surface area contributed by atoms with Crippen molar-refractivity contribution in [1.29, 1.82) is 0 Å². The summed E-state index contributed by atoms with van der Waals surface area (Å²) < 4.78 is 0. The van der Waals surface area contributed by atoms with Crippen LogP contribution in [0.4, 0.5) is 5.69 Å². The monoisotopic (exact) mass is 641 g/mol. The van der Waals surface area contributed by atoms with Crippen LogP contribution in [0.5, 0.6) is 0 Å². The Kier molecular flexibility index (Phi) is 6.28. The van der Waals surface area contributed by atoms with Crippen LogP contribution in [0.25, 0.3) is 22.3 Å². The molecule has 0 amide bonds. The fraction of sp³-hybridized carbons (Fsp3) is 0.0851. The summed E-state index contributed by atoms with van der Waals surface area (Å²) in [6.45, 7) is 0.824. The molecule has 1 aliphatic heterocycles. The maximum Gasteiger partial charge on any atom is 0.0938 e. The van der Waals surface area contributed by atoms with Crippen LogP contribution >= 0.6 is 0 Å². The van der Waals surface area contributed by atoms with E-state index < -0.39 is 10.8 Å². The molecule has 3 heteroatoms. The third-order valence-electron chi connectivity index (χ3n) is 11.2. The van der Waals surface area contributed by atoms with Gasteiger partial charge < -0.3 is 9.80 Å². The molecule has 50 heavy (non-hydrogen) atoms. The van der Waals surface area contributed by atoms with Crippen molar-refractivity contribution >= 4 is 5.69 Å². The maximum atomic E-state index is 5.13. The molecule has 238 valence electrons. The number of fused-ring (bicyclic) bond motifs is 6. The summed E-state index contributed by atoms with van der Waals surface area (Å²) in [5, 5.41) is 0. The largest absolute Gasteiger partial charge is 0.361 e. The number of hydrogen-bond donors (Lipinski definition) is 0. The highest BCUT2D eigenvalue weighted by atomic mass is 15.3. The SMILES string of the molecule is CN1C=CN(c2cccc(C3(c4cccc(C5(c6ccccn6)c6ccccc6-c6ccccc65)c4)c4ccccc4-c4ccccc43)c2)C1.